The van der Waals surface area contributed by atoms with E-state index in [9.17, 15) is 35.8 Å². The number of ether oxygens (including phenoxy) is 2. The van der Waals surface area contributed by atoms with E-state index in [0.29, 0.717) is 25.7 Å². The number of hydrazine groups is 1. The van der Waals surface area contributed by atoms with Crippen LogP contribution in [0.1, 0.15) is 58.3 Å². The molecule has 3 saturated heterocycles. The number of fused-ring (bicyclic) bond motifs is 7. The first-order valence-corrected chi connectivity index (χ1v) is 11.9. The largest absolute Gasteiger partial charge is 0.421 e. The van der Waals surface area contributed by atoms with Gasteiger partial charge in [-0.2, -0.15) is 26.3 Å². The second-order valence-electron chi connectivity index (χ2n) is 10.1. The molecule has 3 aliphatic heterocycles. The van der Waals surface area contributed by atoms with Crippen LogP contribution in [0.25, 0.3) is 0 Å². The summed E-state index contributed by atoms with van der Waals surface area (Å²) in [5.74, 6) is -3.76. The van der Waals surface area contributed by atoms with Crippen LogP contribution in [0.15, 0.2) is 0 Å². The van der Waals surface area contributed by atoms with E-state index in [1.807, 2.05) is 0 Å². The quantitative estimate of drug-likeness (QED) is 0.375. The SMILES string of the molecule is C[C@@H]1CCCC2CCC(F)C(C2)C(O)(C(F)(F)F)C2NNC(O2)C2CCC(C(F)(F)F)C(N2)O1. The van der Waals surface area contributed by atoms with Crippen LogP contribution >= 0.6 is 0 Å². The van der Waals surface area contributed by atoms with Gasteiger partial charge in [-0.05, 0) is 51.4 Å². The molecule has 4 fully saturated rings. The van der Waals surface area contributed by atoms with Crippen LogP contribution < -0.4 is 16.2 Å². The fourth-order valence-corrected chi connectivity index (χ4v) is 5.91. The molecular formula is C21H32F7N3O3. The number of nitrogens with one attached hydrogen (secondary N) is 3. The molecule has 1 saturated carbocycles. The molecule has 1 aliphatic carbocycles. The maximum absolute atomic E-state index is 14.9. The van der Waals surface area contributed by atoms with Crippen molar-refractivity contribution in [2.24, 2.45) is 17.8 Å². The first-order chi connectivity index (χ1) is 15.8. The molecule has 0 aromatic rings. The Kier molecular flexibility index (Phi) is 7.45. The van der Waals surface area contributed by atoms with Gasteiger partial charge in [0.05, 0.1) is 18.1 Å². The van der Waals surface area contributed by atoms with Crippen molar-refractivity contribution in [1.29, 1.82) is 0 Å². The van der Waals surface area contributed by atoms with Gasteiger partial charge in [0.1, 0.15) is 18.6 Å². The molecule has 10 atom stereocenters. The van der Waals surface area contributed by atoms with E-state index in [0.717, 1.165) is 0 Å². The number of alkyl halides is 7. The summed E-state index contributed by atoms with van der Waals surface area (Å²) in [7, 11) is 0. The minimum Gasteiger partial charge on any atom is -0.377 e. The number of aliphatic hydroxyl groups is 1. The highest BCUT2D eigenvalue weighted by Crippen LogP contribution is 2.49. The zero-order valence-corrected chi connectivity index (χ0v) is 18.8. The van der Waals surface area contributed by atoms with Gasteiger partial charge in [-0.3, -0.25) is 5.32 Å². The number of rotatable bonds is 0. The number of hydrogen-bond donors (Lipinski definition) is 4. The van der Waals surface area contributed by atoms with E-state index in [1.54, 1.807) is 6.92 Å². The molecule has 9 unspecified atom stereocenters. The Morgan fingerprint density at radius 3 is 2.29 bits per heavy atom. The first-order valence-electron chi connectivity index (χ1n) is 11.9. The van der Waals surface area contributed by atoms with Gasteiger partial charge in [-0.25, -0.2) is 15.2 Å². The molecule has 0 spiro atoms. The van der Waals surface area contributed by atoms with Crippen LogP contribution in [-0.4, -0.2) is 60.1 Å². The van der Waals surface area contributed by atoms with Crippen molar-refractivity contribution in [1.82, 2.24) is 16.2 Å². The van der Waals surface area contributed by atoms with Crippen LogP contribution in [0.5, 0.6) is 0 Å². The Labute approximate surface area is 193 Å². The van der Waals surface area contributed by atoms with E-state index in [2.05, 4.69) is 16.2 Å². The predicted octanol–water partition coefficient (Wildman–Crippen LogP) is 3.66. The molecule has 198 valence electrons. The maximum atomic E-state index is 14.9. The van der Waals surface area contributed by atoms with Crippen molar-refractivity contribution in [2.45, 2.75) is 113 Å². The van der Waals surface area contributed by atoms with E-state index in [1.165, 1.54) is 0 Å². The predicted molar refractivity (Wildman–Crippen MR) is 106 cm³/mol. The van der Waals surface area contributed by atoms with Crippen LogP contribution in [-0.2, 0) is 9.47 Å². The normalized spacial score (nSPS) is 47.0. The smallest absolute Gasteiger partial charge is 0.377 e. The molecule has 4 aliphatic rings. The molecule has 6 nitrogen and oxygen atoms in total. The van der Waals surface area contributed by atoms with Crippen LogP contribution in [0.4, 0.5) is 30.7 Å². The lowest BCUT2D eigenvalue weighted by Crippen LogP contribution is -2.66. The molecule has 0 amide bonds. The summed E-state index contributed by atoms with van der Waals surface area (Å²) in [6, 6.07) is -0.823. The van der Waals surface area contributed by atoms with E-state index in [4.69, 9.17) is 9.47 Å². The lowest BCUT2D eigenvalue weighted by atomic mass is 9.69. The van der Waals surface area contributed by atoms with Gasteiger partial charge in [0.25, 0.3) is 0 Å². The summed E-state index contributed by atoms with van der Waals surface area (Å²) in [4.78, 5) is 0. The summed E-state index contributed by atoms with van der Waals surface area (Å²) >= 11 is 0. The molecule has 0 radical (unpaired) electrons. The zero-order chi connectivity index (χ0) is 24.9. The summed E-state index contributed by atoms with van der Waals surface area (Å²) in [5.41, 5.74) is 1.31. The van der Waals surface area contributed by atoms with Gasteiger partial charge in [-0.15, -0.1) is 0 Å². The highest BCUT2D eigenvalue weighted by atomic mass is 19.4. The number of piperidine rings is 1. The second kappa shape index (κ2) is 9.62. The molecule has 3 heterocycles. The Morgan fingerprint density at radius 2 is 1.62 bits per heavy atom. The number of halogens is 7. The maximum Gasteiger partial charge on any atom is 0.421 e. The highest BCUT2D eigenvalue weighted by molar-refractivity contribution is 5.05. The Morgan fingerprint density at radius 1 is 0.882 bits per heavy atom. The molecule has 13 heteroatoms. The molecule has 34 heavy (non-hydrogen) atoms. The van der Waals surface area contributed by atoms with Gasteiger partial charge in [0, 0.05) is 5.92 Å². The van der Waals surface area contributed by atoms with Gasteiger partial charge in [0.2, 0.25) is 5.60 Å². The third kappa shape index (κ3) is 5.06. The van der Waals surface area contributed by atoms with Crippen molar-refractivity contribution < 1.29 is 45.3 Å². The van der Waals surface area contributed by atoms with E-state index >= 15 is 0 Å². The Hall–Kier alpha value is -0.730. The average Bonchev–Trinajstić information content (AvgIpc) is 3.23. The minimum absolute atomic E-state index is 0.0494. The fourth-order valence-electron chi connectivity index (χ4n) is 5.91. The monoisotopic (exact) mass is 507 g/mol. The summed E-state index contributed by atoms with van der Waals surface area (Å²) < 4.78 is 110. The van der Waals surface area contributed by atoms with E-state index in [-0.39, 0.29) is 31.6 Å². The summed E-state index contributed by atoms with van der Waals surface area (Å²) in [5, 5.41) is 13.7. The van der Waals surface area contributed by atoms with Gasteiger partial charge < -0.3 is 14.6 Å². The third-order valence-corrected chi connectivity index (χ3v) is 7.85. The van der Waals surface area contributed by atoms with Crippen molar-refractivity contribution >= 4 is 0 Å². The topological polar surface area (TPSA) is 74.8 Å². The lowest BCUT2D eigenvalue weighted by Gasteiger charge is -2.45. The van der Waals surface area contributed by atoms with Gasteiger partial charge in [0.15, 0.2) is 6.23 Å². The standard InChI is InChI=1S/C21H32F7N3O3/c1-10-3-2-4-11-5-7-14(22)13(9-11)19(32,21(26,27)28)18-31-30-17(34-18)15-8-6-12(20(23,24)25)16(29-15)33-10/h10-18,29-32H,2-9H2,1H3/t10-,11?,12?,13?,14?,15?,16?,17?,18?,19?/m1/s1. The van der Waals surface area contributed by atoms with Crippen LogP contribution in [0, 0.1) is 17.8 Å². The molecule has 6 bridgehead atoms. The van der Waals surface area contributed by atoms with Crippen molar-refractivity contribution in [3.05, 3.63) is 0 Å². The second-order valence-corrected chi connectivity index (χ2v) is 10.1. The highest BCUT2D eigenvalue weighted by Gasteiger charge is 2.67. The summed E-state index contributed by atoms with van der Waals surface area (Å²) in [6.07, 6.45) is -15.6. The van der Waals surface area contributed by atoms with E-state index < -0.39 is 66.8 Å². The van der Waals surface area contributed by atoms with Crippen molar-refractivity contribution in [3.8, 4) is 0 Å². The summed E-state index contributed by atoms with van der Waals surface area (Å²) in [6.45, 7) is 1.67. The first kappa shape index (κ1) is 26.3. The van der Waals surface area contributed by atoms with Crippen LogP contribution in [0.2, 0.25) is 0 Å². The van der Waals surface area contributed by atoms with Crippen molar-refractivity contribution in [3.63, 3.8) is 0 Å². The molecule has 0 aromatic carbocycles. The van der Waals surface area contributed by atoms with Gasteiger partial charge >= 0.3 is 12.4 Å². The zero-order valence-electron chi connectivity index (χ0n) is 18.8. The average molecular weight is 507 g/mol. The molecular weight excluding hydrogens is 475 g/mol. The lowest BCUT2D eigenvalue weighted by molar-refractivity contribution is -0.326. The number of hydrogen-bond acceptors (Lipinski definition) is 6. The molecule has 0 aromatic heterocycles. The third-order valence-electron chi connectivity index (χ3n) is 7.85. The van der Waals surface area contributed by atoms with Crippen LogP contribution in [0.3, 0.4) is 0 Å². The van der Waals surface area contributed by atoms with Crippen molar-refractivity contribution in [2.75, 3.05) is 0 Å². The minimum atomic E-state index is -5.20. The Balaban J connectivity index is 1.64. The van der Waals surface area contributed by atoms with Gasteiger partial charge in [-0.1, -0.05) is 12.8 Å². The molecule has 4 rings (SSSR count). The fraction of sp³-hybridized carbons (Fsp3) is 1.00. The molecule has 4 N–H and O–H groups in total. The Bertz CT molecular complexity index is 712.